The topological polar surface area (TPSA) is 12.0 Å². The van der Waals surface area contributed by atoms with Crippen LogP contribution < -0.4 is 5.32 Å². The molecule has 0 bridgehead atoms. The second-order valence-corrected chi connectivity index (χ2v) is 4.18. The smallest absolute Gasteiger partial charge is 0.127 e. The van der Waals surface area contributed by atoms with Gasteiger partial charge in [-0.15, -0.1) is 0 Å². The number of hydrogen-bond donors (Lipinski definition) is 1. The van der Waals surface area contributed by atoms with Gasteiger partial charge in [-0.25, -0.2) is 4.39 Å². The first kappa shape index (κ1) is 11.5. The van der Waals surface area contributed by atoms with E-state index in [9.17, 15) is 4.39 Å². The second kappa shape index (κ2) is 6.04. The van der Waals surface area contributed by atoms with E-state index in [-0.39, 0.29) is 11.9 Å². The third kappa shape index (κ3) is 3.31. The normalized spacial score (nSPS) is 12.8. The molecule has 0 aliphatic rings. The van der Waals surface area contributed by atoms with Crippen LogP contribution in [0.15, 0.2) is 24.3 Å². The summed E-state index contributed by atoms with van der Waals surface area (Å²) in [5, 5.41) is 3.28. The van der Waals surface area contributed by atoms with Crippen LogP contribution in [0.1, 0.15) is 18.5 Å². The Morgan fingerprint density at radius 3 is 2.79 bits per heavy atom. The van der Waals surface area contributed by atoms with Crippen LogP contribution in [0.2, 0.25) is 0 Å². The number of halogens is 1. The summed E-state index contributed by atoms with van der Waals surface area (Å²) in [6, 6.07) is 7.00. The predicted octanol–water partition coefficient (Wildman–Crippen LogP) is 2.84. The van der Waals surface area contributed by atoms with Gasteiger partial charge in [0.1, 0.15) is 5.82 Å². The lowest BCUT2D eigenvalue weighted by Crippen LogP contribution is -2.22. The van der Waals surface area contributed by atoms with E-state index in [0.29, 0.717) is 0 Å². The largest absolute Gasteiger partial charge is 0.309 e. The van der Waals surface area contributed by atoms with Gasteiger partial charge in [0.25, 0.3) is 0 Å². The third-order valence-corrected chi connectivity index (χ3v) is 2.74. The van der Waals surface area contributed by atoms with Crippen molar-refractivity contribution in [1.29, 1.82) is 0 Å². The molecule has 78 valence electrons. The van der Waals surface area contributed by atoms with E-state index in [4.69, 9.17) is 0 Å². The van der Waals surface area contributed by atoms with E-state index >= 15 is 0 Å². The monoisotopic (exact) mass is 213 g/mol. The van der Waals surface area contributed by atoms with Gasteiger partial charge in [0.2, 0.25) is 0 Å². The highest BCUT2D eigenvalue weighted by molar-refractivity contribution is 7.98. The van der Waals surface area contributed by atoms with Crippen molar-refractivity contribution in [3.63, 3.8) is 0 Å². The number of thioether (sulfide) groups is 1. The molecule has 0 aromatic heterocycles. The molecule has 0 spiro atoms. The van der Waals surface area contributed by atoms with Crippen molar-refractivity contribution in [2.45, 2.75) is 13.0 Å². The maximum Gasteiger partial charge on any atom is 0.127 e. The summed E-state index contributed by atoms with van der Waals surface area (Å²) < 4.78 is 13.3. The standard InChI is InChI=1S/C11H16FNS/c1-9(13-7-8-14-2)10-5-3-4-6-11(10)12/h3-6,9,13H,7-8H2,1-2H3/t9-/m1/s1. The Morgan fingerprint density at radius 1 is 1.43 bits per heavy atom. The first-order valence-corrected chi connectivity index (χ1v) is 6.12. The maximum atomic E-state index is 13.3. The molecule has 0 heterocycles. The average Bonchev–Trinajstić information content (AvgIpc) is 2.18. The summed E-state index contributed by atoms with van der Waals surface area (Å²) in [6.07, 6.45) is 2.06. The highest BCUT2D eigenvalue weighted by Gasteiger charge is 2.08. The van der Waals surface area contributed by atoms with E-state index in [1.165, 1.54) is 6.07 Å². The zero-order valence-electron chi connectivity index (χ0n) is 8.59. The summed E-state index contributed by atoms with van der Waals surface area (Å²) in [6.45, 7) is 2.90. The van der Waals surface area contributed by atoms with Crippen LogP contribution >= 0.6 is 11.8 Å². The van der Waals surface area contributed by atoms with E-state index in [2.05, 4.69) is 11.6 Å². The summed E-state index contributed by atoms with van der Waals surface area (Å²) in [4.78, 5) is 0. The number of hydrogen-bond acceptors (Lipinski definition) is 2. The van der Waals surface area contributed by atoms with Gasteiger partial charge in [0.05, 0.1) is 0 Å². The van der Waals surface area contributed by atoms with Gasteiger partial charge in [-0.2, -0.15) is 11.8 Å². The molecule has 0 radical (unpaired) electrons. The van der Waals surface area contributed by atoms with E-state index < -0.39 is 0 Å². The Hall–Kier alpha value is -0.540. The number of benzene rings is 1. The molecule has 3 heteroatoms. The van der Waals surface area contributed by atoms with Gasteiger partial charge >= 0.3 is 0 Å². The van der Waals surface area contributed by atoms with Gasteiger partial charge in [-0.3, -0.25) is 0 Å². The number of nitrogens with one attached hydrogen (secondary N) is 1. The van der Waals surface area contributed by atoms with Gasteiger partial charge in [-0.1, -0.05) is 18.2 Å². The SMILES string of the molecule is CSCCN[C@H](C)c1ccccc1F. The Morgan fingerprint density at radius 2 is 2.14 bits per heavy atom. The van der Waals surface area contributed by atoms with Crippen LogP contribution in [0.3, 0.4) is 0 Å². The predicted molar refractivity (Wildman–Crippen MR) is 61.2 cm³/mol. The fourth-order valence-corrected chi connectivity index (χ4v) is 1.64. The fourth-order valence-electron chi connectivity index (χ4n) is 1.31. The molecule has 0 unspecified atom stereocenters. The average molecular weight is 213 g/mol. The second-order valence-electron chi connectivity index (χ2n) is 3.19. The minimum atomic E-state index is -0.128. The van der Waals surface area contributed by atoms with Crippen LogP contribution in [-0.4, -0.2) is 18.6 Å². The van der Waals surface area contributed by atoms with Crippen LogP contribution in [0.25, 0.3) is 0 Å². The minimum absolute atomic E-state index is 0.0864. The molecule has 1 aromatic rings. The van der Waals surface area contributed by atoms with Crippen molar-refractivity contribution in [1.82, 2.24) is 5.32 Å². The summed E-state index contributed by atoms with van der Waals surface area (Å²) in [5.74, 6) is 0.926. The van der Waals surface area contributed by atoms with E-state index in [0.717, 1.165) is 17.9 Å². The van der Waals surface area contributed by atoms with E-state index in [1.807, 2.05) is 19.1 Å². The molecule has 0 amide bonds. The highest BCUT2D eigenvalue weighted by atomic mass is 32.2. The molecule has 0 aliphatic heterocycles. The molecule has 1 N–H and O–H groups in total. The van der Waals surface area contributed by atoms with Crippen molar-refractivity contribution in [3.05, 3.63) is 35.6 Å². The summed E-state index contributed by atoms with van der Waals surface area (Å²) >= 11 is 1.79. The lowest BCUT2D eigenvalue weighted by molar-refractivity contribution is 0.542. The quantitative estimate of drug-likeness (QED) is 0.755. The zero-order valence-corrected chi connectivity index (χ0v) is 9.40. The van der Waals surface area contributed by atoms with Crippen molar-refractivity contribution >= 4 is 11.8 Å². The summed E-state index contributed by atoms with van der Waals surface area (Å²) in [5.41, 5.74) is 0.744. The Bertz CT molecular complexity index is 278. The molecule has 14 heavy (non-hydrogen) atoms. The van der Waals surface area contributed by atoms with Crippen LogP contribution in [0.5, 0.6) is 0 Å². The van der Waals surface area contributed by atoms with Crippen LogP contribution in [0.4, 0.5) is 4.39 Å². The van der Waals surface area contributed by atoms with E-state index in [1.54, 1.807) is 17.8 Å². The van der Waals surface area contributed by atoms with Crippen LogP contribution in [-0.2, 0) is 0 Å². The van der Waals surface area contributed by atoms with Crippen molar-refractivity contribution in [2.24, 2.45) is 0 Å². The molecule has 0 aliphatic carbocycles. The first-order chi connectivity index (χ1) is 6.75. The molecule has 1 atom stereocenters. The molecule has 0 saturated carbocycles. The fraction of sp³-hybridized carbons (Fsp3) is 0.455. The molecule has 1 nitrogen and oxygen atoms in total. The first-order valence-electron chi connectivity index (χ1n) is 4.72. The lowest BCUT2D eigenvalue weighted by Gasteiger charge is -2.14. The van der Waals surface area contributed by atoms with Gasteiger partial charge in [-0.05, 0) is 19.2 Å². The van der Waals surface area contributed by atoms with Gasteiger partial charge in [0.15, 0.2) is 0 Å². The van der Waals surface area contributed by atoms with Crippen molar-refractivity contribution in [2.75, 3.05) is 18.6 Å². The number of rotatable bonds is 5. The maximum absolute atomic E-state index is 13.3. The minimum Gasteiger partial charge on any atom is -0.309 e. The molecular formula is C11H16FNS. The van der Waals surface area contributed by atoms with Crippen LogP contribution in [0, 0.1) is 5.82 Å². The van der Waals surface area contributed by atoms with Crippen molar-refractivity contribution < 1.29 is 4.39 Å². The molecular weight excluding hydrogens is 197 g/mol. The van der Waals surface area contributed by atoms with Gasteiger partial charge < -0.3 is 5.32 Å². The molecule has 0 fully saturated rings. The Balaban J connectivity index is 2.51. The highest BCUT2D eigenvalue weighted by Crippen LogP contribution is 2.15. The molecule has 0 saturated heterocycles. The third-order valence-electron chi connectivity index (χ3n) is 2.13. The van der Waals surface area contributed by atoms with Crippen molar-refractivity contribution in [3.8, 4) is 0 Å². The molecule has 1 aromatic carbocycles. The Kier molecular flexibility index (Phi) is 4.98. The zero-order chi connectivity index (χ0) is 10.4. The summed E-state index contributed by atoms with van der Waals surface area (Å²) in [7, 11) is 0. The Labute approximate surface area is 89.1 Å². The molecule has 1 rings (SSSR count). The van der Waals surface area contributed by atoms with Gasteiger partial charge in [0, 0.05) is 23.9 Å². The lowest BCUT2D eigenvalue weighted by atomic mass is 10.1.